The van der Waals surface area contributed by atoms with E-state index < -0.39 is 12.0 Å². The number of benzene rings is 1. The van der Waals surface area contributed by atoms with E-state index in [0.29, 0.717) is 6.42 Å². The fraction of sp³-hybridized carbons (Fsp3) is 0.333. The molecule has 0 aliphatic carbocycles. The summed E-state index contributed by atoms with van der Waals surface area (Å²) >= 11 is 0.723. The van der Waals surface area contributed by atoms with E-state index in [2.05, 4.69) is 14.7 Å². The van der Waals surface area contributed by atoms with E-state index in [1.165, 1.54) is 0 Å². The molecule has 7 heteroatoms. The van der Waals surface area contributed by atoms with Gasteiger partial charge in [-0.25, -0.2) is 0 Å². The van der Waals surface area contributed by atoms with Crippen LogP contribution in [-0.4, -0.2) is 15.4 Å². The average Bonchev–Trinajstić information content (AvgIpc) is 2.78. The van der Waals surface area contributed by atoms with Crippen molar-refractivity contribution in [2.24, 2.45) is 0 Å². The standard InChI is InChI=1S/C12H12F3N3S/c1-8(7-9-5-3-2-4-6-9)16-11-17-10(18-19-11)12(13,14)15/h2-6,8H,7H2,1H3,(H,16,17,18). The van der Waals surface area contributed by atoms with Crippen molar-refractivity contribution in [3.63, 3.8) is 0 Å². The molecular formula is C12H12F3N3S. The highest BCUT2D eigenvalue weighted by Gasteiger charge is 2.36. The molecule has 0 radical (unpaired) electrons. The lowest BCUT2D eigenvalue weighted by molar-refractivity contribution is -0.144. The number of nitrogens with one attached hydrogen (secondary N) is 1. The largest absolute Gasteiger partial charge is 0.452 e. The van der Waals surface area contributed by atoms with Crippen LogP contribution in [0.25, 0.3) is 0 Å². The molecular weight excluding hydrogens is 275 g/mol. The van der Waals surface area contributed by atoms with Crippen LogP contribution in [0.2, 0.25) is 0 Å². The minimum absolute atomic E-state index is 0.0172. The Morgan fingerprint density at radius 1 is 1.26 bits per heavy atom. The summed E-state index contributed by atoms with van der Waals surface area (Å²) in [5.74, 6) is -1.09. The Bertz CT molecular complexity index is 525. The van der Waals surface area contributed by atoms with E-state index in [1.807, 2.05) is 37.3 Å². The minimum atomic E-state index is -4.49. The molecule has 1 heterocycles. The van der Waals surface area contributed by atoms with Gasteiger partial charge in [-0.15, -0.1) is 0 Å². The molecule has 102 valence electrons. The van der Waals surface area contributed by atoms with Gasteiger partial charge in [0.1, 0.15) is 0 Å². The second-order valence-corrected chi connectivity index (χ2v) is 4.91. The number of anilines is 1. The van der Waals surface area contributed by atoms with Crippen LogP contribution < -0.4 is 5.32 Å². The van der Waals surface area contributed by atoms with E-state index in [4.69, 9.17) is 0 Å². The van der Waals surface area contributed by atoms with Crippen molar-refractivity contribution in [3.05, 3.63) is 41.7 Å². The van der Waals surface area contributed by atoms with Crippen molar-refractivity contribution in [1.82, 2.24) is 9.36 Å². The molecule has 0 saturated carbocycles. The number of halogens is 3. The maximum atomic E-state index is 12.3. The van der Waals surface area contributed by atoms with Crippen molar-refractivity contribution >= 4 is 16.7 Å². The predicted octanol–water partition coefficient (Wildman–Crippen LogP) is 3.60. The van der Waals surface area contributed by atoms with Crippen LogP contribution in [-0.2, 0) is 12.6 Å². The van der Waals surface area contributed by atoms with E-state index in [9.17, 15) is 13.2 Å². The predicted molar refractivity (Wildman–Crippen MR) is 68.1 cm³/mol. The number of rotatable bonds is 4. The molecule has 0 amide bonds. The van der Waals surface area contributed by atoms with Crippen LogP contribution >= 0.6 is 11.5 Å². The molecule has 1 N–H and O–H groups in total. The zero-order chi connectivity index (χ0) is 13.9. The highest BCUT2D eigenvalue weighted by Crippen LogP contribution is 2.29. The summed E-state index contributed by atoms with van der Waals surface area (Å²) in [6.07, 6.45) is -3.78. The summed E-state index contributed by atoms with van der Waals surface area (Å²) in [7, 11) is 0. The highest BCUT2D eigenvalue weighted by molar-refractivity contribution is 7.09. The van der Waals surface area contributed by atoms with E-state index in [0.717, 1.165) is 17.1 Å². The highest BCUT2D eigenvalue weighted by atomic mass is 32.1. The maximum absolute atomic E-state index is 12.3. The topological polar surface area (TPSA) is 37.8 Å². The molecule has 0 saturated heterocycles. The van der Waals surface area contributed by atoms with Gasteiger partial charge in [-0.3, -0.25) is 0 Å². The normalized spacial score (nSPS) is 13.3. The first-order valence-corrected chi connectivity index (χ1v) is 6.44. The van der Waals surface area contributed by atoms with Crippen molar-refractivity contribution in [2.45, 2.75) is 25.6 Å². The molecule has 0 fully saturated rings. The SMILES string of the molecule is CC(Cc1ccccc1)Nc1nc(C(F)(F)F)ns1. The number of aromatic nitrogens is 2. The summed E-state index contributed by atoms with van der Waals surface area (Å²) in [5, 5.41) is 3.12. The Morgan fingerprint density at radius 3 is 2.53 bits per heavy atom. The number of hydrogen-bond acceptors (Lipinski definition) is 4. The lowest BCUT2D eigenvalue weighted by Crippen LogP contribution is -2.18. The molecule has 1 atom stereocenters. The Labute approximate surface area is 112 Å². The Hall–Kier alpha value is -1.63. The Kier molecular flexibility index (Phi) is 4.04. The van der Waals surface area contributed by atoms with Crippen molar-refractivity contribution in [1.29, 1.82) is 0 Å². The molecule has 19 heavy (non-hydrogen) atoms. The van der Waals surface area contributed by atoms with Crippen LogP contribution in [0, 0.1) is 0 Å². The molecule has 1 aromatic carbocycles. The zero-order valence-corrected chi connectivity index (χ0v) is 10.9. The molecule has 1 unspecified atom stereocenters. The Morgan fingerprint density at radius 2 is 1.95 bits per heavy atom. The van der Waals surface area contributed by atoms with Crippen molar-refractivity contribution < 1.29 is 13.2 Å². The molecule has 0 spiro atoms. The first-order chi connectivity index (χ1) is 8.95. The number of alkyl halides is 3. The smallest absolute Gasteiger partial charge is 0.357 e. The summed E-state index contributed by atoms with van der Waals surface area (Å²) in [4.78, 5) is 3.43. The van der Waals surface area contributed by atoms with Crippen molar-refractivity contribution in [2.75, 3.05) is 5.32 Å². The van der Waals surface area contributed by atoms with Gasteiger partial charge in [0.05, 0.1) is 0 Å². The zero-order valence-electron chi connectivity index (χ0n) is 10.1. The van der Waals surface area contributed by atoms with E-state index in [-0.39, 0.29) is 11.2 Å². The quantitative estimate of drug-likeness (QED) is 0.933. The molecule has 3 nitrogen and oxygen atoms in total. The van der Waals surface area contributed by atoms with Crippen LogP contribution in [0.5, 0.6) is 0 Å². The molecule has 2 rings (SSSR count). The average molecular weight is 287 g/mol. The van der Waals surface area contributed by atoms with Gasteiger partial charge >= 0.3 is 6.18 Å². The number of nitrogens with zero attached hydrogens (tertiary/aromatic N) is 2. The van der Waals surface area contributed by atoms with Crippen molar-refractivity contribution in [3.8, 4) is 0 Å². The lowest BCUT2D eigenvalue weighted by atomic mass is 10.1. The monoisotopic (exact) mass is 287 g/mol. The summed E-state index contributed by atoms with van der Waals surface area (Å²) in [6, 6.07) is 9.70. The summed E-state index contributed by atoms with van der Waals surface area (Å²) in [6.45, 7) is 1.89. The van der Waals surface area contributed by atoms with Crippen LogP contribution in [0.3, 0.4) is 0 Å². The molecule has 0 aliphatic heterocycles. The third-order valence-corrected chi connectivity index (χ3v) is 3.08. The van der Waals surface area contributed by atoms with Gasteiger partial charge in [0.25, 0.3) is 0 Å². The number of hydrogen-bond donors (Lipinski definition) is 1. The maximum Gasteiger partial charge on any atom is 0.452 e. The second-order valence-electron chi connectivity index (χ2n) is 4.16. The fourth-order valence-electron chi connectivity index (χ4n) is 1.63. The van der Waals surface area contributed by atoms with Crippen LogP contribution in [0.15, 0.2) is 30.3 Å². The summed E-state index contributed by atoms with van der Waals surface area (Å²) < 4.78 is 40.3. The van der Waals surface area contributed by atoms with Gasteiger partial charge in [0.15, 0.2) is 0 Å². The van der Waals surface area contributed by atoms with Gasteiger partial charge in [0, 0.05) is 17.6 Å². The first kappa shape index (κ1) is 13.8. The van der Waals surface area contributed by atoms with E-state index >= 15 is 0 Å². The lowest BCUT2D eigenvalue weighted by Gasteiger charge is -2.12. The molecule has 0 bridgehead atoms. The fourth-order valence-corrected chi connectivity index (χ4v) is 2.33. The third-order valence-electron chi connectivity index (χ3n) is 2.43. The second kappa shape index (κ2) is 5.56. The molecule has 1 aromatic heterocycles. The summed E-state index contributed by atoms with van der Waals surface area (Å²) in [5.41, 5.74) is 1.11. The van der Waals surface area contributed by atoms with Gasteiger partial charge < -0.3 is 5.32 Å². The van der Waals surface area contributed by atoms with Gasteiger partial charge in [-0.05, 0) is 18.9 Å². The first-order valence-electron chi connectivity index (χ1n) is 5.66. The minimum Gasteiger partial charge on any atom is -0.357 e. The third kappa shape index (κ3) is 3.92. The molecule has 2 aromatic rings. The van der Waals surface area contributed by atoms with Gasteiger partial charge in [0.2, 0.25) is 11.0 Å². The molecule has 0 aliphatic rings. The van der Waals surface area contributed by atoms with Crippen LogP contribution in [0.1, 0.15) is 18.3 Å². The van der Waals surface area contributed by atoms with Gasteiger partial charge in [-0.1, -0.05) is 30.3 Å². The Balaban J connectivity index is 1.96. The van der Waals surface area contributed by atoms with E-state index in [1.54, 1.807) is 0 Å². The van der Waals surface area contributed by atoms with Gasteiger partial charge in [-0.2, -0.15) is 22.5 Å². The van der Waals surface area contributed by atoms with Crippen LogP contribution in [0.4, 0.5) is 18.3 Å².